The van der Waals surface area contributed by atoms with E-state index in [1.807, 2.05) is 12.1 Å². The molecule has 0 spiro atoms. The molecule has 0 bridgehead atoms. The van der Waals surface area contributed by atoms with Gasteiger partial charge in [-0.15, -0.1) is 0 Å². The van der Waals surface area contributed by atoms with Crippen molar-refractivity contribution in [1.82, 2.24) is 9.88 Å². The highest BCUT2D eigenvalue weighted by Gasteiger charge is 2.37. The zero-order valence-electron chi connectivity index (χ0n) is 21.7. The summed E-state index contributed by atoms with van der Waals surface area (Å²) < 4.78 is 70.3. The Labute approximate surface area is 224 Å². The number of aromatic amines is 1. The lowest BCUT2D eigenvalue weighted by Crippen LogP contribution is -2.37. The Balaban J connectivity index is 1.46. The predicted molar refractivity (Wildman–Crippen MR) is 143 cm³/mol. The Morgan fingerprint density at radius 1 is 1.18 bits per heavy atom. The molecule has 0 radical (unpaired) electrons. The molecule has 1 unspecified atom stereocenters. The summed E-state index contributed by atoms with van der Waals surface area (Å²) in [6.07, 6.45) is -0.474. The number of hydrogen-bond acceptors (Lipinski definition) is 6. The van der Waals surface area contributed by atoms with Crippen LogP contribution in [0.4, 0.5) is 13.2 Å². The molecule has 0 saturated heterocycles. The van der Waals surface area contributed by atoms with E-state index in [9.17, 15) is 21.6 Å². The van der Waals surface area contributed by atoms with Crippen molar-refractivity contribution in [3.8, 4) is 16.9 Å². The number of nitrogens with zero attached hydrogens (tertiary/aromatic N) is 2. The van der Waals surface area contributed by atoms with E-state index < -0.39 is 22.6 Å². The number of aliphatic hydroxyl groups is 1. The molecule has 1 aliphatic heterocycles. The van der Waals surface area contributed by atoms with Gasteiger partial charge in [0.1, 0.15) is 11.2 Å². The normalized spacial score (nSPS) is 17.6. The fourth-order valence-electron chi connectivity index (χ4n) is 5.06. The predicted octanol–water partition coefficient (Wildman–Crippen LogP) is 3.45. The lowest BCUT2D eigenvalue weighted by Gasteiger charge is -2.22. The van der Waals surface area contributed by atoms with Gasteiger partial charge in [-0.2, -0.15) is 13.2 Å². The van der Waals surface area contributed by atoms with E-state index in [-0.39, 0.29) is 37.5 Å². The zero-order chi connectivity index (χ0) is 27.8. The van der Waals surface area contributed by atoms with Gasteiger partial charge in [-0.25, -0.2) is 8.42 Å². The average Bonchev–Trinajstić information content (AvgIpc) is 3.68. The van der Waals surface area contributed by atoms with Crippen molar-refractivity contribution in [2.24, 2.45) is 10.9 Å². The van der Waals surface area contributed by atoms with Crippen molar-refractivity contribution >= 4 is 26.8 Å². The maximum atomic E-state index is 12.9. The molecule has 5 rings (SSSR count). The van der Waals surface area contributed by atoms with Crippen LogP contribution in [-0.2, 0) is 9.84 Å². The summed E-state index contributed by atoms with van der Waals surface area (Å²) in [6, 6.07) is 10.7. The fourth-order valence-corrected chi connectivity index (χ4v) is 6.76. The molecule has 1 atom stereocenters. The molecular formula is C28H32F3N3O4S. The van der Waals surface area contributed by atoms with E-state index >= 15 is 0 Å². The number of nitrogens with one attached hydrogen (secondary N) is 1. The first-order chi connectivity index (χ1) is 18.6. The molecule has 2 N–H and O–H groups in total. The summed E-state index contributed by atoms with van der Waals surface area (Å²) in [5.41, 5.74) is 3.06. The molecule has 7 nitrogen and oxygen atoms in total. The molecular weight excluding hydrogens is 531 g/mol. The lowest BCUT2D eigenvalue weighted by atomic mass is 9.98. The van der Waals surface area contributed by atoms with Gasteiger partial charge in [0.15, 0.2) is 9.84 Å². The molecule has 1 aromatic heterocycles. The summed E-state index contributed by atoms with van der Waals surface area (Å²) >= 11 is 0. The van der Waals surface area contributed by atoms with Gasteiger partial charge in [0.2, 0.25) is 0 Å². The number of sulfone groups is 1. The number of aliphatic hydroxyl groups excluding tert-OH is 1. The van der Waals surface area contributed by atoms with Crippen molar-refractivity contribution in [3.05, 3.63) is 47.1 Å². The summed E-state index contributed by atoms with van der Waals surface area (Å²) in [6.45, 7) is 1.53. The molecule has 1 aliphatic carbocycles. The fraction of sp³-hybridized carbons (Fsp3) is 0.464. The number of aromatic nitrogens is 1. The topological polar surface area (TPSA) is 95.0 Å². The molecule has 0 amide bonds. The Morgan fingerprint density at radius 2 is 1.97 bits per heavy atom. The monoisotopic (exact) mass is 563 g/mol. The van der Waals surface area contributed by atoms with E-state index in [0.29, 0.717) is 42.0 Å². The third kappa shape index (κ3) is 6.15. The number of fused-ring (bicyclic) bond motifs is 3. The third-order valence-electron chi connectivity index (χ3n) is 7.06. The van der Waals surface area contributed by atoms with Gasteiger partial charge >= 0.3 is 6.18 Å². The maximum Gasteiger partial charge on any atom is 0.401 e. The van der Waals surface area contributed by atoms with Gasteiger partial charge in [-0.05, 0) is 60.6 Å². The molecule has 2 aliphatic rings. The van der Waals surface area contributed by atoms with Crippen LogP contribution in [0.2, 0.25) is 0 Å². The first-order valence-electron chi connectivity index (χ1n) is 13.1. The van der Waals surface area contributed by atoms with E-state index in [1.165, 1.54) is 0 Å². The van der Waals surface area contributed by atoms with Crippen molar-refractivity contribution < 1.29 is 31.4 Å². The Kier molecular flexibility index (Phi) is 7.76. The van der Waals surface area contributed by atoms with E-state index in [0.717, 1.165) is 32.1 Å². The summed E-state index contributed by atoms with van der Waals surface area (Å²) in [5.74, 6) is 0.771. The van der Waals surface area contributed by atoms with Crippen LogP contribution >= 0.6 is 0 Å². The molecule has 1 saturated carbocycles. The number of halogens is 3. The standard InChI is InChI=1S/C28H32F3N3O4S/c1-18-14-23-25-22(19-4-2-5-21(15-19)39(36,37)20-6-7-20)8-9-24(26(25)33-27(23)32-16-18)38-13-3-10-34(11-12-35)17-28(29,30)31/h2,4-5,8-9,14-15,18,20,35H,3,6-7,10-13,16-17H2,1H3,(H,32,33). The van der Waals surface area contributed by atoms with Gasteiger partial charge in [0, 0.05) is 30.2 Å². The highest BCUT2D eigenvalue weighted by molar-refractivity contribution is 7.92. The molecule has 39 heavy (non-hydrogen) atoms. The molecule has 210 valence electrons. The molecule has 3 aromatic rings. The van der Waals surface area contributed by atoms with Crippen molar-refractivity contribution in [3.63, 3.8) is 0 Å². The average molecular weight is 564 g/mol. The minimum Gasteiger partial charge on any atom is -0.491 e. The summed E-state index contributed by atoms with van der Waals surface area (Å²) in [7, 11) is -3.36. The molecule has 2 heterocycles. The first kappa shape index (κ1) is 27.7. The summed E-state index contributed by atoms with van der Waals surface area (Å²) in [5, 5.41) is 10.6. The quantitative estimate of drug-likeness (QED) is 0.349. The molecule has 1 fully saturated rings. The van der Waals surface area contributed by atoms with Crippen molar-refractivity contribution in [2.75, 3.05) is 39.4 Å². The largest absolute Gasteiger partial charge is 0.491 e. The SMILES string of the molecule is CC1C=c2c([nH]c3c(OCCCN(CCO)CC(F)(F)F)ccc(-c4cccc(S(=O)(=O)C5CC5)c4)c23)=NC1. The van der Waals surface area contributed by atoms with Gasteiger partial charge in [0.05, 0.1) is 35.4 Å². The second kappa shape index (κ2) is 10.9. The highest BCUT2D eigenvalue weighted by Crippen LogP contribution is 2.37. The van der Waals surface area contributed by atoms with Gasteiger partial charge < -0.3 is 14.8 Å². The number of ether oxygens (including phenoxy) is 1. The number of H-pyrrole nitrogens is 1. The molecule has 11 heteroatoms. The van der Waals surface area contributed by atoms with Crippen LogP contribution in [0.5, 0.6) is 5.75 Å². The first-order valence-corrected chi connectivity index (χ1v) is 14.7. The number of alkyl halides is 3. The smallest absolute Gasteiger partial charge is 0.401 e. The minimum absolute atomic E-state index is 0.0626. The van der Waals surface area contributed by atoms with Crippen LogP contribution in [0.15, 0.2) is 46.3 Å². The van der Waals surface area contributed by atoms with E-state index in [2.05, 4.69) is 23.0 Å². The summed E-state index contributed by atoms with van der Waals surface area (Å²) in [4.78, 5) is 9.50. The third-order valence-corrected chi connectivity index (χ3v) is 9.32. The highest BCUT2D eigenvalue weighted by atomic mass is 32.2. The second-order valence-corrected chi connectivity index (χ2v) is 12.6. The van der Waals surface area contributed by atoms with Crippen molar-refractivity contribution in [2.45, 2.75) is 42.5 Å². The van der Waals surface area contributed by atoms with Gasteiger partial charge in [0.25, 0.3) is 0 Å². The number of rotatable bonds is 11. The van der Waals surface area contributed by atoms with Crippen molar-refractivity contribution in [1.29, 1.82) is 0 Å². The number of hydrogen-bond donors (Lipinski definition) is 2. The minimum atomic E-state index is -4.34. The Hall–Kier alpha value is -2.89. The van der Waals surface area contributed by atoms with Crippen LogP contribution in [-0.4, -0.2) is 74.2 Å². The van der Waals surface area contributed by atoms with Crippen LogP contribution in [0.25, 0.3) is 28.1 Å². The van der Waals surface area contributed by atoms with E-state index in [1.54, 1.807) is 24.3 Å². The van der Waals surface area contributed by atoms with E-state index in [4.69, 9.17) is 9.84 Å². The maximum absolute atomic E-state index is 12.9. The number of benzene rings is 2. The zero-order valence-corrected chi connectivity index (χ0v) is 22.5. The van der Waals surface area contributed by atoms with Gasteiger partial charge in [-0.3, -0.25) is 9.89 Å². The van der Waals surface area contributed by atoms with Crippen LogP contribution in [0.1, 0.15) is 26.2 Å². The lowest BCUT2D eigenvalue weighted by molar-refractivity contribution is -0.147. The Morgan fingerprint density at radius 3 is 2.69 bits per heavy atom. The second-order valence-electron chi connectivity index (χ2n) is 10.3. The van der Waals surface area contributed by atoms with Crippen LogP contribution in [0, 0.1) is 5.92 Å². The Bertz CT molecular complexity index is 1580. The van der Waals surface area contributed by atoms with Crippen LogP contribution < -0.4 is 15.4 Å². The van der Waals surface area contributed by atoms with Crippen LogP contribution in [0.3, 0.4) is 0 Å². The molecule has 2 aromatic carbocycles. The van der Waals surface area contributed by atoms with Gasteiger partial charge in [-0.1, -0.05) is 25.1 Å².